The number of hydrogen-bond acceptors (Lipinski definition) is 6. The Balaban J connectivity index is 3.64. The maximum absolute atomic E-state index is 11.9. The zero-order valence-electron chi connectivity index (χ0n) is 28.5. The number of unbranched alkanes of at least 4 members (excludes halogenated alkanes) is 17. The minimum atomic E-state index is -1.03. The summed E-state index contributed by atoms with van der Waals surface area (Å²) in [4.78, 5) is 23.8. The molecule has 0 heterocycles. The van der Waals surface area contributed by atoms with Crippen LogP contribution < -0.4 is 0 Å². The number of rotatable bonds is 32. The summed E-state index contributed by atoms with van der Waals surface area (Å²) >= 11 is 0. The van der Waals surface area contributed by atoms with Crippen molar-refractivity contribution in [2.24, 2.45) is 0 Å². The number of esters is 2. The fraction of sp³-hybridized carbons (Fsp3) is 0.789. The van der Waals surface area contributed by atoms with E-state index in [1.165, 1.54) is 96.3 Å². The molecular weight excluding hydrogens is 552 g/mol. The average Bonchev–Trinajstić information content (AvgIpc) is 3.01. The minimum Gasteiger partial charge on any atom is -0.463 e. The summed E-state index contributed by atoms with van der Waals surface area (Å²) in [6, 6.07) is 0. The van der Waals surface area contributed by atoms with E-state index in [0.29, 0.717) is 19.3 Å². The third-order valence-electron chi connectivity index (χ3n) is 7.73. The summed E-state index contributed by atoms with van der Waals surface area (Å²) in [5, 5.41) is 20.0. The first kappa shape index (κ1) is 42.1. The third-order valence-corrected chi connectivity index (χ3v) is 7.73. The zero-order chi connectivity index (χ0) is 32.4. The Morgan fingerprint density at radius 3 is 1.59 bits per heavy atom. The van der Waals surface area contributed by atoms with Gasteiger partial charge in [0.15, 0.2) is 0 Å². The van der Waals surface area contributed by atoms with Gasteiger partial charge in [0.2, 0.25) is 0 Å². The Bertz CT molecular complexity index is 729. The van der Waals surface area contributed by atoms with Crippen LogP contribution in [0.2, 0.25) is 0 Å². The van der Waals surface area contributed by atoms with Crippen molar-refractivity contribution in [1.29, 1.82) is 0 Å². The van der Waals surface area contributed by atoms with Gasteiger partial charge in [-0.1, -0.05) is 153 Å². The smallest absolute Gasteiger partial charge is 0.305 e. The summed E-state index contributed by atoms with van der Waals surface area (Å²) in [5.41, 5.74) is 0. The van der Waals surface area contributed by atoms with E-state index in [1.54, 1.807) is 6.08 Å². The van der Waals surface area contributed by atoms with Crippen LogP contribution in [-0.4, -0.2) is 47.6 Å². The first-order valence-corrected chi connectivity index (χ1v) is 18.1. The molecule has 256 valence electrons. The van der Waals surface area contributed by atoms with Crippen LogP contribution in [0.15, 0.2) is 36.5 Å². The molecule has 2 N–H and O–H groups in total. The van der Waals surface area contributed by atoms with Crippen molar-refractivity contribution in [3.05, 3.63) is 36.5 Å². The van der Waals surface area contributed by atoms with Gasteiger partial charge < -0.3 is 19.7 Å². The molecule has 0 fully saturated rings. The highest BCUT2D eigenvalue weighted by atomic mass is 16.6. The van der Waals surface area contributed by atoms with Gasteiger partial charge >= 0.3 is 11.9 Å². The number of ether oxygens (including phenoxy) is 2. The van der Waals surface area contributed by atoms with Gasteiger partial charge in [-0.15, -0.1) is 0 Å². The van der Waals surface area contributed by atoms with Gasteiger partial charge in [0.1, 0.15) is 19.3 Å². The molecular formula is C38H68O6. The van der Waals surface area contributed by atoms with Gasteiger partial charge in [0.25, 0.3) is 0 Å². The average molecular weight is 621 g/mol. The molecule has 6 nitrogen and oxygen atoms in total. The van der Waals surface area contributed by atoms with Crippen LogP contribution in [0.25, 0.3) is 0 Å². The molecule has 0 radical (unpaired) electrons. The lowest BCUT2D eigenvalue weighted by molar-refractivity contribution is -0.152. The third kappa shape index (κ3) is 33.0. The fourth-order valence-corrected chi connectivity index (χ4v) is 4.92. The first-order chi connectivity index (χ1) is 21.5. The van der Waals surface area contributed by atoms with Crippen LogP contribution in [0.1, 0.15) is 168 Å². The van der Waals surface area contributed by atoms with Crippen molar-refractivity contribution < 1.29 is 29.3 Å². The fourth-order valence-electron chi connectivity index (χ4n) is 4.92. The van der Waals surface area contributed by atoms with Crippen molar-refractivity contribution >= 4 is 11.9 Å². The van der Waals surface area contributed by atoms with Gasteiger partial charge in [-0.3, -0.25) is 9.59 Å². The molecule has 1 unspecified atom stereocenters. The second kappa shape index (κ2) is 34.0. The van der Waals surface area contributed by atoms with E-state index in [9.17, 15) is 19.8 Å². The second-order valence-electron chi connectivity index (χ2n) is 12.2. The summed E-state index contributed by atoms with van der Waals surface area (Å²) in [6.07, 6.45) is 36.6. The van der Waals surface area contributed by atoms with Gasteiger partial charge in [-0.05, 0) is 38.5 Å². The SMILES string of the molecule is CCCCCCCC/C=C/C/C=C/C=C/C(O)CCCC(=O)OC[C@@H](O)COC(=O)CCCCCCCCCCCCCC. The van der Waals surface area contributed by atoms with E-state index in [1.807, 2.05) is 12.2 Å². The number of allylic oxidation sites excluding steroid dienone is 5. The van der Waals surface area contributed by atoms with Gasteiger partial charge in [-0.2, -0.15) is 0 Å². The summed E-state index contributed by atoms with van der Waals surface area (Å²) in [6.45, 7) is 4.11. The number of carbonyl (C=O) groups is 2. The normalized spacial score (nSPS) is 13.3. The number of hydrogen-bond donors (Lipinski definition) is 2. The predicted molar refractivity (Wildman–Crippen MR) is 184 cm³/mol. The molecule has 0 aromatic heterocycles. The molecule has 0 aliphatic carbocycles. The second-order valence-corrected chi connectivity index (χ2v) is 12.2. The first-order valence-electron chi connectivity index (χ1n) is 18.1. The van der Waals surface area contributed by atoms with Gasteiger partial charge in [0, 0.05) is 12.8 Å². The maximum atomic E-state index is 11.9. The van der Waals surface area contributed by atoms with E-state index in [4.69, 9.17) is 9.47 Å². The maximum Gasteiger partial charge on any atom is 0.305 e. The lowest BCUT2D eigenvalue weighted by Crippen LogP contribution is -2.25. The van der Waals surface area contributed by atoms with Crippen LogP contribution in [0, 0.1) is 0 Å². The quantitative estimate of drug-likeness (QED) is 0.0336. The Morgan fingerprint density at radius 1 is 0.568 bits per heavy atom. The summed E-state index contributed by atoms with van der Waals surface area (Å²) in [7, 11) is 0. The molecule has 0 aliphatic heterocycles. The minimum absolute atomic E-state index is 0.162. The monoisotopic (exact) mass is 621 g/mol. The van der Waals surface area contributed by atoms with Crippen molar-refractivity contribution in [3.63, 3.8) is 0 Å². The van der Waals surface area contributed by atoms with E-state index < -0.39 is 18.2 Å². The topological polar surface area (TPSA) is 93.1 Å². The molecule has 0 aromatic carbocycles. The Kier molecular flexibility index (Phi) is 32.5. The van der Waals surface area contributed by atoms with Crippen molar-refractivity contribution in [2.75, 3.05) is 13.2 Å². The van der Waals surface area contributed by atoms with E-state index in [2.05, 4.69) is 32.1 Å². The molecule has 0 aromatic rings. The largest absolute Gasteiger partial charge is 0.463 e. The summed E-state index contributed by atoms with van der Waals surface area (Å²) in [5.74, 6) is -0.755. The predicted octanol–water partition coefficient (Wildman–Crippen LogP) is 9.87. The molecule has 0 aliphatic rings. The van der Waals surface area contributed by atoms with E-state index in [0.717, 1.165) is 32.1 Å². The molecule has 44 heavy (non-hydrogen) atoms. The molecule has 0 spiro atoms. The lowest BCUT2D eigenvalue weighted by atomic mass is 10.0. The van der Waals surface area contributed by atoms with Crippen LogP contribution in [0.4, 0.5) is 0 Å². The number of aliphatic hydroxyl groups excluding tert-OH is 2. The highest BCUT2D eigenvalue weighted by molar-refractivity contribution is 5.69. The van der Waals surface area contributed by atoms with E-state index >= 15 is 0 Å². The standard InChI is InChI=1S/C38H68O6/c1-3-5-7-9-11-13-15-17-18-20-22-24-26-29-35(39)30-28-32-38(42)44-34-36(40)33-43-37(41)31-27-25-23-21-19-16-14-12-10-8-6-4-2/h17-18,22,24,26,29,35-36,39-40H,3-16,19-21,23,25,27-28,30-34H2,1-2H3/b18-17+,24-22+,29-26+/t35?,36-/m0/s1. The van der Waals surface area contributed by atoms with E-state index in [-0.39, 0.29) is 25.6 Å². The zero-order valence-corrected chi connectivity index (χ0v) is 28.5. The molecule has 0 rings (SSSR count). The molecule has 0 saturated carbocycles. The highest BCUT2D eigenvalue weighted by Crippen LogP contribution is 2.13. The number of carbonyl (C=O) groups excluding carboxylic acids is 2. The van der Waals surface area contributed by atoms with Crippen molar-refractivity contribution in [2.45, 2.75) is 180 Å². The Morgan fingerprint density at radius 2 is 1.05 bits per heavy atom. The van der Waals surface area contributed by atoms with Crippen LogP contribution in [0.3, 0.4) is 0 Å². The van der Waals surface area contributed by atoms with Crippen LogP contribution in [0.5, 0.6) is 0 Å². The highest BCUT2D eigenvalue weighted by Gasteiger charge is 2.12. The summed E-state index contributed by atoms with van der Waals surface area (Å²) < 4.78 is 10.2. The Labute approximate surface area is 270 Å². The molecule has 0 amide bonds. The number of aliphatic hydroxyl groups is 2. The Hall–Kier alpha value is -1.92. The van der Waals surface area contributed by atoms with Crippen molar-refractivity contribution in [1.82, 2.24) is 0 Å². The molecule has 0 saturated heterocycles. The molecule has 6 heteroatoms. The van der Waals surface area contributed by atoms with Gasteiger partial charge in [0.05, 0.1) is 6.10 Å². The van der Waals surface area contributed by atoms with Crippen LogP contribution >= 0.6 is 0 Å². The molecule has 2 atom stereocenters. The van der Waals surface area contributed by atoms with Crippen molar-refractivity contribution in [3.8, 4) is 0 Å². The van der Waals surface area contributed by atoms with Crippen LogP contribution in [-0.2, 0) is 19.1 Å². The lowest BCUT2D eigenvalue weighted by Gasteiger charge is -2.12. The molecule has 0 bridgehead atoms. The van der Waals surface area contributed by atoms with Gasteiger partial charge in [-0.25, -0.2) is 0 Å².